The Morgan fingerprint density at radius 1 is 1.53 bits per heavy atom. The highest BCUT2D eigenvalue weighted by molar-refractivity contribution is 7.80. The molecule has 17 heavy (non-hydrogen) atoms. The molecule has 4 nitrogen and oxygen atoms in total. The summed E-state index contributed by atoms with van der Waals surface area (Å²) in [4.78, 5) is 11.3. The topological polar surface area (TPSA) is 67.2 Å². The number of thiocarbonyl (C=S) groups is 1. The average molecular weight is 255 g/mol. The van der Waals surface area contributed by atoms with Gasteiger partial charge < -0.3 is 16.4 Å². The highest BCUT2D eigenvalue weighted by Crippen LogP contribution is 2.14. The Kier molecular flexibility index (Phi) is 4.84. The standard InChI is InChI=1S/C11H14FN3OS/c1-2-5-14-11(16)15-7-3-4-9(12)8(6-7)10(13)17/h3-4,6H,2,5H2,1H3,(H2,13,17)(H2,14,15,16). The molecule has 6 heteroatoms. The van der Waals surface area contributed by atoms with E-state index in [-0.39, 0.29) is 16.6 Å². The summed E-state index contributed by atoms with van der Waals surface area (Å²) >= 11 is 4.70. The number of urea groups is 1. The van der Waals surface area contributed by atoms with Gasteiger partial charge in [-0.1, -0.05) is 19.1 Å². The summed E-state index contributed by atoms with van der Waals surface area (Å²) in [6.07, 6.45) is 0.842. The van der Waals surface area contributed by atoms with Crippen molar-refractivity contribution in [2.24, 2.45) is 5.73 Å². The minimum absolute atomic E-state index is 0.0416. The van der Waals surface area contributed by atoms with Gasteiger partial charge in [-0.2, -0.15) is 0 Å². The molecule has 0 atom stereocenters. The number of rotatable bonds is 4. The number of carbonyl (C=O) groups excluding carboxylic acids is 1. The van der Waals surface area contributed by atoms with Gasteiger partial charge in [-0.15, -0.1) is 0 Å². The van der Waals surface area contributed by atoms with E-state index in [0.717, 1.165) is 6.42 Å². The lowest BCUT2D eigenvalue weighted by atomic mass is 10.2. The van der Waals surface area contributed by atoms with E-state index in [1.54, 1.807) is 0 Å². The highest BCUT2D eigenvalue weighted by atomic mass is 32.1. The van der Waals surface area contributed by atoms with E-state index < -0.39 is 5.82 Å². The zero-order chi connectivity index (χ0) is 12.8. The van der Waals surface area contributed by atoms with Crippen molar-refractivity contribution in [3.05, 3.63) is 29.6 Å². The first-order valence-corrected chi connectivity index (χ1v) is 5.59. The molecule has 0 bridgehead atoms. The average Bonchev–Trinajstić information content (AvgIpc) is 2.28. The molecule has 1 aromatic carbocycles. The molecule has 0 heterocycles. The molecule has 0 saturated carbocycles. The fourth-order valence-corrected chi connectivity index (χ4v) is 1.36. The predicted molar refractivity (Wildman–Crippen MR) is 69.6 cm³/mol. The molecule has 1 rings (SSSR count). The minimum Gasteiger partial charge on any atom is -0.389 e. The molecule has 1 aromatic rings. The van der Waals surface area contributed by atoms with Crippen LogP contribution in [0.15, 0.2) is 18.2 Å². The molecule has 0 aliphatic carbocycles. The van der Waals surface area contributed by atoms with Gasteiger partial charge in [-0.3, -0.25) is 0 Å². The maximum atomic E-state index is 13.3. The Bertz CT molecular complexity index is 437. The van der Waals surface area contributed by atoms with Gasteiger partial charge in [0.2, 0.25) is 0 Å². The molecule has 2 amide bonds. The van der Waals surface area contributed by atoms with Gasteiger partial charge in [-0.25, -0.2) is 9.18 Å². The van der Waals surface area contributed by atoms with E-state index in [4.69, 9.17) is 18.0 Å². The lowest BCUT2D eigenvalue weighted by molar-refractivity contribution is 0.252. The Morgan fingerprint density at radius 3 is 2.82 bits per heavy atom. The van der Waals surface area contributed by atoms with Gasteiger partial charge in [0, 0.05) is 17.8 Å². The number of halogens is 1. The van der Waals surface area contributed by atoms with Crippen molar-refractivity contribution in [2.45, 2.75) is 13.3 Å². The highest BCUT2D eigenvalue weighted by Gasteiger charge is 2.07. The second-order valence-corrected chi connectivity index (χ2v) is 3.88. The summed E-state index contributed by atoms with van der Waals surface area (Å²) < 4.78 is 13.3. The fourth-order valence-electron chi connectivity index (χ4n) is 1.21. The number of hydrogen-bond acceptors (Lipinski definition) is 2. The molecular formula is C11H14FN3OS. The largest absolute Gasteiger partial charge is 0.389 e. The molecule has 0 aliphatic heterocycles. The first kappa shape index (κ1) is 13.4. The van der Waals surface area contributed by atoms with Gasteiger partial charge in [-0.05, 0) is 24.6 Å². The summed E-state index contributed by atoms with van der Waals surface area (Å²) in [6, 6.07) is 3.72. The van der Waals surface area contributed by atoms with Crippen LogP contribution < -0.4 is 16.4 Å². The van der Waals surface area contributed by atoms with Crippen molar-refractivity contribution in [3.63, 3.8) is 0 Å². The SMILES string of the molecule is CCCNC(=O)Nc1ccc(F)c(C(N)=S)c1. The predicted octanol–water partition coefficient (Wildman–Crippen LogP) is 1.99. The van der Waals surface area contributed by atoms with E-state index >= 15 is 0 Å². The van der Waals surface area contributed by atoms with Crippen molar-refractivity contribution >= 4 is 28.9 Å². The van der Waals surface area contributed by atoms with Gasteiger partial charge in [0.15, 0.2) is 0 Å². The third-order valence-electron chi connectivity index (χ3n) is 2.03. The monoisotopic (exact) mass is 255 g/mol. The van der Waals surface area contributed by atoms with Crippen molar-refractivity contribution in [1.29, 1.82) is 0 Å². The summed E-state index contributed by atoms with van der Waals surface area (Å²) in [6.45, 7) is 2.53. The molecule has 0 fully saturated rings. The van der Waals surface area contributed by atoms with Crippen LogP contribution in [0.1, 0.15) is 18.9 Å². The third kappa shape index (κ3) is 3.99. The van der Waals surface area contributed by atoms with Crippen molar-refractivity contribution in [2.75, 3.05) is 11.9 Å². The third-order valence-corrected chi connectivity index (χ3v) is 2.25. The molecule has 0 aliphatic rings. The van der Waals surface area contributed by atoms with E-state index in [0.29, 0.717) is 12.2 Å². The lowest BCUT2D eigenvalue weighted by Gasteiger charge is -2.08. The second-order valence-electron chi connectivity index (χ2n) is 3.44. The number of hydrogen-bond donors (Lipinski definition) is 3. The molecule has 0 saturated heterocycles. The van der Waals surface area contributed by atoms with E-state index in [1.807, 2.05) is 6.92 Å². The van der Waals surface area contributed by atoms with Crippen LogP contribution in [0.5, 0.6) is 0 Å². The van der Waals surface area contributed by atoms with Crippen LogP contribution in [0.2, 0.25) is 0 Å². The molecular weight excluding hydrogens is 241 g/mol. The molecule has 0 unspecified atom stereocenters. The van der Waals surface area contributed by atoms with Crippen LogP contribution in [0.3, 0.4) is 0 Å². The fraction of sp³-hybridized carbons (Fsp3) is 0.273. The van der Waals surface area contributed by atoms with Crippen LogP contribution in [0, 0.1) is 5.82 Å². The van der Waals surface area contributed by atoms with Crippen LogP contribution in [-0.4, -0.2) is 17.6 Å². The van der Waals surface area contributed by atoms with Crippen molar-refractivity contribution < 1.29 is 9.18 Å². The number of carbonyl (C=O) groups is 1. The summed E-state index contributed by atoms with van der Waals surface area (Å²) in [7, 11) is 0. The number of benzene rings is 1. The van der Waals surface area contributed by atoms with Crippen LogP contribution >= 0.6 is 12.2 Å². The second kappa shape index (κ2) is 6.15. The number of nitrogens with one attached hydrogen (secondary N) is 2. The Hall–Kier alpha value is -1.69. The smallest absolute Gasteiger partial charge is 0.319 e. The zero-order valence-electron chi connectivity index (χ0n) is 9.42. The molecule has 0 aromatic heterocycles. The Labute approximate surface area is 104 Å². The Morgan fingerprint density at radius 2 is 2.24 bits per heavy atom. The summed E-state index contributed by atoms with van der Waals surface area (Å²) in [5.74, 6) is -0.503. The molecule has 4 N–H and O–H groups in total. The van der Waals surface area contributed by atoms with Crippen LogP contribution in [-0.2, 0) is 0 Å². The van der Waals surface area contributed by atoms with Crippen LogP contribution in [0.25, 0.3) is 0 Å². The first-order valence-electron chi connectivity index (χ1n) is 5.18. The first-order chi connectivity index (χ1) is 8.04. The van der Waals surface area contributed by atoms with E-state index in [9.17, 15) is 9.18 Å². The molecule has 0 radical (unpaired) electrons. The van der Waals surface area contributed by atoms with Gasteiger partial charge in [0.1, 0.15) is 10.8 Å². The van der Waals surface area contributed by atoms with Crippen LogP contribution in [0.4, 0.5) is 14.9 Å². The van der Waals surface area contributed by atoms with Crippen molar-refractivity contribution in [1.82, 2.24) is 5.32 Å². The van der Waals surface area contributed by atoms with E-state index in [2.05, 4.69) is 10.6 Å². The molecule has 92 valence electrons. The van der Waals surface area contributed by atoms with Gasteiger partial charge in [0.25, 0.3) is 0 Å². The lowest BCUT2D eigenvalue weighted by Crippen LogP contribution is -2.29. The minimum atomic E-state index is -0.503. The maximum absolute atomic E-state index is 13.3. The quantitative estimate of drug-likeness (QED) is 0.721. The maximum Gasteiger partial charge on any atom is 0.319 e. The van der Waals surface area contributed by atoms with E-state index in [1.165, 1.54) is 18.2 Å². The van der Waals surface area contributed by atoms with Gasteiger partial charge in [0.05, 0.1) is 0 Å². The zero-order valence-corrected chi connectivity index (χ0v) is 10.2. The summed E-state index contributed by atoms with van der Waals surface area (Å²) in [5, 5.41) is 5.20. The number of amides is 2. The summed E-state index contributed by atoms with van der Waals surface area (Å²) in [5.41, 5.74) is 5.92. The Balaban J connectivity index is 2.75. The van der Waals surface area contributed by atoms with Gasteiger partial charge >= 0.3 is 6.03 Å². The number of nitrogens with two attached hydrogens (primary N) is 1. The number of anilines is 1. The normalized spacial score (nSPS) is 9.76. The van der Waals surface area contributed by atoms with Crippen molar-refractivity contribution in [3.8, 4) is 0 Å². The molecule has 0 spiro atoms.